The maximum Gasteiger partial charge on any atom is 0.227 e. The number of hydrogen-bond donors (Lipinski definition) is 1. The van der Waals surface area contributed by atoms with E-state index in [2.05, 4.69) is 37.9 Å². The molecule has 2 saturated heterocycles. The molecule has 2 fully saturated rings. The summed E-state index contributed by atoms with van der Waals surface area (Å²) < 4.78 is 5.81. The summed E-state index contributed by atoms with van der Waals surface area (Å²) >= 11 is 6.03. The van der Waals surface area contributed by atoms with Gasteiger partial charge in [-0.2, -0.15) is 0 Å². The standard InChI is InChI=1S/C21H30ClN3O3/c1-14-10-24(11-15(2)28-14)21(3,4)13-23-20(27)16-8-19(26)25(12-16)18-7-5-6-17(22)9-18/h5-7,9,14-16H,8,10-13H2,1-4H3,(H,23,27)/t14-,15+,16-/m1/s1. The van der Waals surface area contributed by atoms with Crippen LogP contribution in [0.4, 0.5) is 5.69 Å². The van der Waals surface area contributed by atoms with Gasteiger partial charge in [-0.15, -0.1) is 0 Å². The second-order valence-electron chi connectivity index (χ2n) is 8.58. The molecule has 0 spiro atoms. The topological polar surface area (TPSA) is 61.9 Å². The molecule has 0 aromatic heterocycles. The van der Waals surface area contributed by atoms with Gasteiger partial charge in [0.05, 0.1) is 18.1 Å². The minimum atomic E-state index is -0.343. The van der Waals surface area contributed by atoms with Gasteiger partial charge in [0.15, 0.2) is 0 Å². The van der Waals surface area contributed by atoms with Gasteiger partial charge in [-0.1, -0.05) is 17.7 Å². The molecule has 1 N–H and O–H groups in total. The molecule has 3 rings (SSSR count). The first-order chi connectivity index (χ1) is 13.2. The third-order valence-corrected chi connectivity index (χ3v) is 5.82. The van der Waals surface area contributed by atoms with E-state index in [0.29, 0.717) is 18.1 Å². The average Bonchev–Trinajstić information content (AvgIpc) is 3.01. The number of nitrogens with one attached hydrogen (secondary N) is 1. The number of amides is 2. The van der Waals surface area contributed by atoms with E-state index in [4.69, 9.17) is 16.3 Å². The first kappa shape index (κ1) is 21.1. The van der Waals surface area contributed by atoms with E-state index >= 15 is 0 Å². The molecular formula is C21H30ClN3O3. The van der Waals surface area contributed by atoms with Gasteiger partial charge < -0.3 is 15.0 Å². The number of benzene rings is 1. The van der Waals surface area contributed by atoms with E-state index < -0.39 is 0 Å². The minimum absolute atomic E-state index is 0.0440. The number of ether oxygens (including phenoxy) is 1. The van der Waals surface area contributed by atoms with Crippen LogP contribution in [0.2, 0.25) is 5.02 Å². The van der Waals surface area contributed by atoms with Crippen LogP contribution in [-0.4, -0.2) is 60.6 Å². The van der Waals surface area contributed by atoms with Crippen molar-refractivity contribution in [2.75, 3.05) is 31.1 Å². The van der Waals surface area contributed by atoms with E-state index in [1.54, 1.807) is 17.0 Å². The fourth-order valence-electron chi connectivity index (χ4n) is 4.01. The number of anilines is 1. The van der Waals surface area contributed by atoms with Crippen molar-refractivity contribution in [3.05, 3.63) is 29.3 Å². The van der Waals surface area contributed by atoms with Crippen molar-refractivity contribution in [1.29, 1.82) is 0 Å². The predicted molar refractivity (Wildman–Crippen MR) is 111 cm³/mol. The molecule has 6 nitrogen and oxygen atoms in total. The van der Waals surface area contributed by atoms with E-state index in [0.717, 1.165) is 18.8 Å². The molecule has 154 valence electrons. The Bertz CT molecular complexity index is 729. The fraction of sp³-hybridized carbons (Fsp3) is 0.619. The minimum Gasteiger partial charge on any atom is -0.373 e. The zero-order valence-electron chi connectivity index (χ0n) is 17.1. The Hall–Kier alpha value is -1.63. The van der Waals surface area contributed by atoms with Crippen LogP contribution < -0.4 is 10.2 Å². The van der Waals surface area contributed by atoms with Crippen molar-refractivity contribution in [2.24, 2.45) is 5.92 Å². The Balaban J connectivity index is 1.57. The molecule has 7 heteroatoms. The molecule has 2 amide bonds. The number of carbonyl (C=O) groups is 2. The number of carbonyl (C=O) groups excluding carboxylic acids is 2. The molecule has 28 heavy (non-hydrogen) atoms. The lowest BCUT2D eigenvalue weighted by Crippen LogP contribution is -2.59. The maximum atomic E-state index is 12.7. The van der Waals surface area contributed by atoms with Crippen LogP contribution in [-0.2, 0) is 14.3 Å². The summed E-state index contributed by atoms with van der Waals surface area (Å²) in [4.78, 5) is 29.1. The lowest BCUT2D eigenvalue weighted by atomic mass is 9.99. The highest BCUT2D eigenvalue weighted by atomic mass is 35.5. The van der Waals surface area contributed by atoms with Gasteiger partial charge in [-0.05, 0) is 45.9 Å². The molecule has 0 saturated carbocycles. The summed E-state index contributed by atoms with van der Waals surface area (Å²) in [6.07, 6.45) is 0.583. The summed E-state index contributed by atoms with van der Waals surface area (Å²) in [6.45, 7) is 11.0. The van der Waals surface area contributed by atoms with E-state index in [1.165, 1.54) is 0 Å². The molecule has 1 aromatic carbocycles. The van der Waals surface area contributed by atoms with Gasteiger partial charge in [0.2, 0.25) is 11.8 Å². The van der Waals surface area contributed by atoms with Crippen molar-refractivity contribution in [3.8, 4) is 0 Å². The molecule has 2 aliphatic rings. The van der Waals surface area contributed by atoms with Crippen LogP contribution in [0, 0.1) is 5.92 Å². The molecule has 1 aromatic rings. The molecule has 2 aliphatic heterocycles. The Labute approximate surface area is 172 Å². The van der Waals surface area contributed by atoms with Crippen molar-refractivity contribution in [1.82, 2.24) is 10.2 Å². The second kappa shape index (κ2) is 8.39. The van der Waals surface area contributed by atoms with Gasteiger partial charge in [0, 0.05) is 48.8 Å². The number of hydrogen-bond acceptors (Lipinski definition) is 4. The fourth-order valence-corrected chi connectivity index (χ4v) is 4.19. The molecule has 0 bridgehead atoms. The Morgan fingerprint density at radius 3 is 2.57 bits per heavy atom. The van der Waals surface area contributed by atoms with E-state index in [-0.39, 0.29) is 41.9 Å². The van der Waals surface area contributed by atoms with Crippen LogP contribution in [0.3, 0.4) is 0 Å². The van der Waals surface area contributed by atoms with Gasteiger partial charge >= 0.3 is 0 Å². The van der Waals surface area contributed by atoms with Crippen molar-refractivity contribution in [3.63, 3.8) is 0 Å². The van der Waals surface area contributed by atoms with Gasteiger partial charge in [-0.3, -0.25) is 14.5 Å². The maximum absolute atomic E-state index is 12.7. The molecule has 3 atom stereocenters. The van der Waals surface area contributed by atoms with Crippen molar-refractivity contribution in [2.45, 2.75) is 51.9 Å². The van der Waals surface area contributed by atoms with Crippen LogP contribution in [0.5, 0.6) is 0 Å². The SMILES string of the molecule is C[C@@H]1CN(C(C)(C)CNC(=O)[C@@H]2CC(=O)N(c3cccc(Cl)c3)C2)C[C@H](C)O1. The lowest BCUT2D eigenvalue weighted by Gasteiger charge is -2.45. The summed E-state index contributed by atoms with van der Waals surface area (Å²) in [6, 6.07) is 7.17. The molecule has 0 radical (unpaired) electrons. The Morgan fingerprint density at radius 1 is 1.25 bits per heavy atom. The number of halogens is 1. The van der Waals surface area contributed by atoms with Gasteiger partial charge in [-0.25, -0.2) is 0 Å². The summed E-state index contributed by atoms with van der Waals surface area (Å²) in [5.41, 5.74) is 0.557. The highest BCUT2D eigenvalue weighted by molar-refractivity contribution is 6.31. The van der Waals surface area contributed by atoms with E-state index in [1.807, 2.05) is 12.1 Å². The summed E-state index contributed by atoms with van der Waals surface area (Å²) in [7, 11) is 0. The lowest BCUT2D eigenvalue weighted by molar-refractivity contribution is -0.127. The quantitative estimate of drug-likeness (QED) is 0.815. The number of nitrogens with zero attached hydrogens (tertiary/aromatic N) is 2. The second-order valence-corrected chi connectivity index (χ2v) is 9.01. The first-order valence-electron chi connectivity index (χ1n) is 9.90. The normalized spacial score (nSPS) is 26.5. The monoisotopic (exact) mass is 407 g/mol. The van der Waals surface area contributed by atoms with Gasteiger partial charge in [0.1, 0.15) is 0 Å². The summed E-state index contributed by atoms with van der Waals surface area (Å²) in [5.74, 6) is -0.456. The van der Waals surface area contributed by atoms with Crippen LogP contribution in [0.15, 0.2) is 24.3 Å². The highest BCUT2D eigenvalue weighted by Crippen LogP contribution is 2.27. The van der Waals surface area contributed by atoms with Crippen molar-refractivity contribution < 1.29 is 14.3 Å². The van der Waals surface area contributed by atoms with E-state index in [9.17, 15) is 9.59 Å². The van der Waals surface area contributed by atoms with Crippen LogP contribution in [0.1, 0.15) is 34.1 Å². The Morgan fingerprint density at radius 2 is 1.93 bits per heavy atom. The third kappa shape index (κ3) is 4.85. The summed E-state index contributed by atoms with van der Waals surface area (Å²) in [5, 5.41) is 3.65. The number of rotatable bonds is 5. The zero-order chi connectivity index (χ0) is 20.5. The molecule has 0 unspecified atom stereocenters. The predicted octanol–water partition coefficient (Wildman–Crippen LogP) is 2.70. The zero-order valence-corrected chi connectivity index (χ0v) is 17.8. The first-order valence-corrected chi connectivity index (χ1v) is 10.3. The molecular weight excluding hydrogens is 378 g/mol. The van der Waals surface area contributed by atoms with Crippen molar-refractivity contribution >= 4 is 29.1 Å². The Kier molecular flexibility index (Phi) is 6.32. The van der Waals surface area contributed by atoms with Crippen LogP contribution >= 0.6 is 11.6 Å². The smallest absolute Gasteiger partial charge is 0.227 e. The largest absolute Gasteiger partial charge is 0.373 e. The highest BCUT2D eigenvalue weighted by Gasteiger charge is 2.37. The molecule has 2 heterocycles. The average molecular weight is 408 g/mol. The molecule has 0 aliphatic carbocycles. The number of morpholine rings is 1. The third-order valence-electron chi connectivity index (χ3n) is 5.59. The van der Waals surface area contributed by atoms with Gasteiger partial charge in [0.25, 0.3) is 0 Å². The van der Waals surface area contributed by atoms with Crippen LogP contribution in [0.25, 0.3) is 0 Å².